The minimum absolute atomic E-state index is 0.172. The molecule has 0 radical (unpaired) electrons. The van der Waals surface area contributed by atoms with E-state index in [2.05, 4.69) is 31.2 Å². The first-order valence-electron chi connectivity index (χ1n) is 10.1. The molecule has 0 bridgehead atoms. The molecular formula is C21H29N5O. The van der Waals surface area contributed by atoms with Crippen LogP contribution in [0.25, 0.3) is 11.4 Å². The first kappa shape index (κ1) is 18.3. The molecule has 1 aliphatic heterocycles. The standard InChI is InChI=1S/C21H29N5O/c1-15-12-17(20-22-9-5-10-23-20)21(24-13-15)26-11-8-18(19(27)14-26)25-16-6-3-2-4-7-16/h5,9-10,12-13,16,18-19,25,27H,2-4,6-8,11,14H2,1H3/t18?,19-/m1/s1. The smallest absolute Gasteiger partial charge is 0.162 e. The lowest BCUT2D eigenvalue weighted by molar-refractivity contribution is 0.103. The summed E-state index contributed by atoms with van der Waals surface area (Å²) >= 11 is 0. The summed E-state index contributed by atoms with van der Waals surface area (Å²) in [5.74, 6) is 1.54. The maximum atomic E-state index is 10.8. The summed E-state index contributed by atoms with van der Waals surface area (Å²) in [4.78, 5) is 15.7. The van der Waals surface area contributed by atoms with Crippen LogP contribution in [0.3, 0.4) is 0 Å². The number of nitrogens with zero attached hydrogens (tertiary/aromatic N) is 4. The molecule has 2 fully saturated rings. The van der Waals surface area contributed by atoms with Gasteiger partial charge in [0.2, 0.25) is 0 Å². The maximum absolute atomic E-state index is 10.8. The van der Waals surface area contributed by atoms with Crippen LogP contribution in [0, 0.1) is 6.92 Å². The molecule has 0 amide bonds. The summed E-state index contributed by atoms with van der Waals surface area (Å²) in [6.45, 7) is 3.48. The molecule has 2 aromatic rings. The van der Waals surface area contributed by atoms with Crippen LogP contribution < -0.4 is 10.2 Å². The Bertz CT molecular complexity index is 747. The number of anilines is 1. The van der Waals surface area contributed by atoms with E-state index >= 15 is 0 Å². The molecule has 2 aromatic heterocycles. The van der Waals surface area contributed by atoms with Gasteiger partial charge in [-0.3, -0.25) is 0 Å². The Morgan fingerprint density at radius 3 is 2.59 bits per heavy atom. The van der Waals surface area contributed by atoms with Gasteiger partial charge in [-0.2, -0.15) is 0 Å². The first-order valence-corrected chi connectivity index (χ1v) is 10.1. The van der Waals surface area contributed by atoms with Gasteiger partial charge in [0, 0.05) is 43.8 Å². The molecule has 27 heavy (non-hydrogen) atoms. The minimum atomic E-state index is -0.395. The number of rotatable bonds is 4. The molecule has 0 aromatic carbocycles. The Hall–Kier alpha value is -2.05. The molecule has 1 saturated heterocycles. The molecule has 144 valence electrons. The van der Waals surface area contributed by atoms with Gasteiger partial charge in [-0.25, -0.2) is 15.0 Å². The summed E-state index contributed by atoms with van der Waals surface area (Å²) in [5, 5.41) is 14.5. The zero-order chi connectivity index (χ0) is 18.6. The number of aliphatic hydroxyl groups is 1. The Morgan fingerprint density at radius 1 is 1.07 bits per heavy atom. The molecule has 0 spiro atoms. The zero-order valence-electron chi connectivity index (χ0n) is 16.0. The highest BCUT2D eigenvalue weighted by atomic mass is 16.3. The van der Waals surface area contributed by atoms with Crippen LogP contribution in [0.2, 0.25) is 0 Å². The molecule has 1 aliphatic carbocycles. The number of hydrogen-bond acceptors (Lipinski definition) is 6. The number of β-amino-alcohol motifs (C(OH)–C–C–N with tert-alkyl or cyclic N) is 1. The number of hydrogen-bond donors (Lipinski definition) is 2. The van der Waals surface area contributed by atoms with Crippen LogP contribution in [0.4, 0.5) is 5.82 Å². The fourth-order valence-corrected chi connectivity index (χ4v) is 4.31. The topological polar surface area (TPSA) is 74.2 Å². The Kier molecular flexibility index (Phi) is 5.64. The van der Waals surface area contributed by atoms with Crippen LogP contribution in [-0.4, -0.2) is 51.3 Å². The van der Waals surface area contributed by atoms with Crippen molar-refractivity contribution in [2.45, 2.75) is 63.6 Å². The van der Waals surface area contributed by atoms with E-state index in [0.29, 0.717) is 18.4 Å². The van der Waals surface area contributed by atoms with E-state index < -0.39 is 6.10 Å². The lowest BCUT2D eigenvalue weighted by Gasteiger charge is -2.39. The summed E-state index contributed by atoms with van der Waals surface area (Å²) < 4.78 is 0. The molecule has 6 heteroatoms. The van der Waals surface area contributed by atoms with Gasteiger partial charge >= 0.3 is 0 Å². The average molecular weight is 367 g/mol. The fourth-order valence-electron chi connectivity index (χ4n) is 4.31. The van der Waals surface area contributed by atoms with E-state index in [1.54, 1.807) is 12.4 Å². The van der Waals surface area contributed by atoms with Crippen molar-refractivity contribution in [2.75, 3.05) is 18.0 Å². The SMILES string of the molecule is Cc1cnc(N2CCC(NC3CCCCC3)[C@H](O)C2)c(-c2ncccn2)c1. The van der Waals surface area contributed by atoms with Crippen molar-refractivity contribution in [1.82, 2.24) is 20.3 Å². The number of pyridine rings is 1. The lowest BCUT2D eigenvalue weighted by atomic mass is 9.92. The van der Waals surface area contributed by atoms with Crippen LogP contribution in [-0.2, 0) is 0 Å². The van der Waals surface area contributed by atoms with E-state index in [-0.39, 0.29) is 6.04 Å². The second kappa shape index (κ2) is 8.31. The van der Waals surface area contributed by atoms with Gasteiger partial charge in [-0.05, 0) is 43.9 Å². The molecule has 2 N–H and O–H groups in total. The van der Waals surface area contributed by atoms with Crippen LogP contribution in [0.5, 0.6) is 0 Å². The van der Waals surface area contributed by atoms with Crippen LogP contribution >= 0.6 is 0 Å². The van der Waals surface area contributed by atoms with Crippen molar-refractivity contribution in [3.8, 4) is 11.4 Å². The van der Waals surface area contributed by atoms with Gasteiger partial charge < -0.3 is 15.3 Å². The molecule has 1 saturated carbocycles. The number of aromatic nitrogens is 3. The zero-order valence-corrected chi connectivity index (χ0v) is 16.0. The molecular weight excluding hydrogens is 338 g/mol. The summed E-state index contributed by atoms with van der Waals surface area (Å²) in [7, 11) is 0. The van der Waals surface area contributed by atoms with Crippen molar-refractivity contribution in [1.29, 1.82) is 0 Å². The van der Waals surface area contributed by atoms with Crippen molar-refractivity contribution in [3.05, 3.63) is 36.3 Å². The summed E-state index contributed by atoms with van der Waals surface area (Å²) in [5.41, 5.74) is 2.01. The third-order valence-corrected chi connectivity index (χ3v) is 5.75. The second-order valence-corrected chi connectivity index (χ2v) is 7.87. The quantitative estimate of drug-likeness (QED) is 0.866. The predicted octanol–water partition coefficient (Wildman–Crippen LogP) is 2.71. The molecule has 1 unspecified atom stereocenters. The van der Waals surface area contributed by atoms with Gasteiger partial charge in [-0.1, -0.05) is 19.3 Å². The Balaban J connectivity index is 1.49. The Labute approximate surface area is 161 Å². The number of aryl methyl sites for hydroxylation is 1. The van der Waals surface area contributed by atoms with E-state index in [1.807, 2.05) is 19.2 Å². The van der Waals surface area contributed by atoms with E-state index in [4.69, 9.17) is 0 Å². The largest absolute Gasteiger partial charge is 0.390 e. The molecule has 4 rings (SSSR count). The van der Waals surface area contributed by atoms with E-state index in [1.165, 1.54) is 32.1 Å². The first-order chi connectivity index (χ1) is 13.2. The molecule has 2 atom stereocenters. The molecule has 6 nitrogen and oxygen atoms in total. The van der Waals surface area contributed by atoms with E-state index in [0.717, 1.165) is 29.9 Å². The second-order valence-electron chi connectivity index (χ2n) is 7.87. The van der Waals surface area contributed by atoms with Gasteiger partial charge in [0.1, 0.15) is 5.82 Å². The van der Waals surface area contributed by atoms with Crippen molar-refractivity contribution >= 4 is 5.82 Å². The minimum Gasteiger partial charge on any atom is -0.390 e. The highest BCUT2D eigenvalue weighted by Crippen LogP contribution is 2.30. The van der Waals surface area contributed by atoms with Crippen LogP contribution in [0.15, 0.2) is 30.7 Å². The monoisotopic (exact) mass is 367 g/mol. The predicted molar refractivity (Wildman–Crippen MR) is 107 cm³/mol. The van der Waals surface area contributed by atoms with Gasteiger partial charge in [0.15, 0.2) is 5.82 Å². The summed E-state index contributed by atoms with van der Waals surface area (Å²) in [6.07, 6.45) is 12.3. The fraction of sp³-hybridized carbons (Fsp3) is 0.571. The highest BCUT2D eigenvalue weighted by Gasteiger charge is 2.31. The maximum Gasteiger partial charge on any atom is 0.162 e. The number of aliphatic hydroxyl groups excluding tert-OH is 1. The van der Waals surface area contributed by atoms with Crippen molar-refractivity contribution in [3.63, 3.8) is 0 Å². The normalized spacial score (nSPS) is 24.1. The number of piperidine rings is 1. The summed E-state index contributed by atoms with van der Waals surface area (Å²) in [6, 6.07) is 4.64. The average Bonchev–Trinajstić information content (AvgIpc) is 2.71. The van der Waals surface area contributed by atoms with Gasteiger partial charge in [0.25, 0.3) is 0 Å². The van der Waals surface area contributed by atoms with Crippen molar-refractivity contribution < 1.29 is 5.11 Å². The third-order valence-electron chi connectivity index (χ3n) is 5.75. The van der Waals surface area contributed by atoms with E-state index in [9.17, 15) is 5.11 Å². The van der Waals surface area contributed by atoms with Crippen molar-refractivity contribution in [2.24, 2.45) is 0 Å². The Morgan fingerprint density at radius 2 is 1.85 bits per heavy atom. The molecule has 3 heterocycles. The molecule has 2 aliphatic rings. The highest BCUT2D eigenvalue weighted by molar-refractivity contribution is 5.71. The van der Waals surface area contributed by atoms with Crippen LogP contribution in [0.1, 0.15) is 44.1 Å². The third kappa shape index (κ3) is 4.28. The lowest BCUT2D eigenvalue weighted by Crippen LogP contribution is -2.55. The van der Waals surface area contributed by atoms with Gasteiger partial charge in [0.05, 0.1) is 11.7 Å². The number of nitrogens with one attached hydrogen (secondary N) is 1. The van der Waals surface area contributed by atoms with Gasteiger partial charge in [-0.15, -0.1) is 0 Å².